The number of nitrogens with two attached hydrogens (primary N) is 1. The molecule has 2 N–H and O–H groups in total. The van der Waals surface area contributed by atoms with Gasteiger partial charge in [-0.25, -0.2) is 4.98 Å². The maximum Gasteiger partial charge on any atom is 0.240 e. The zero-order valence-electron chi connectivity index (χ0n) is 11.8. The van der Waals surface area contributed by atoms with Crippen molar-refractivity contribution in [3.05, 3.63) is 53.6 Å². The van der Waals surface area contributed by atoms with Crippen molar-refractivity contribution in [2.24, 2.45) is 0 Å². The molecule has 1 aromatic heterocycles. The third-order valence-corrected chi connectivity index (χ3v) is 3.35. The van der Waals surface area contributed by atoms with Crippen LogP contribution in [0.3, 0.4) is 0 Å². The summed E-state index contributed by atoms with van der Waals surface area (Å²) in [4.78, 5) is 4.33. The number of halogens is 1. The normalized spacial score (nSPS) is 10.5. The van der Waals surface area contributed by atoms with Crippen molar-refractivity contribution in [1.82, 2.24) is 15.2 Å². The SMILES string of the molecule is COc1cc(Cl)cc(-c2nnc(N)nc2-c2ccccc2)c1. The van der Waals surface area contributed by atoms with Gasteiger partial charge in [-0.2, -0.15) is 0 Å². The van der Waals surface area contributed by atoms with Crippen molar-refractivity contribution in [3.63, 3.8) is 0 Å². The highest BCUT2D eigenvalue weighted by molar-refractivity contribution is 6.31. The lowest BCUT2D eigenvalue weighted by atomic mass is 10.0. The Labute approximate surface area is 132 Å². The molecule has 22 heavy (non-hydrogen) atoms. The molecule has 3 rings (SSSR count). The molecule has 0 aliphatic carbocycles. The van der Waals surface area contributed by atoms with Crippen molar-refractivity contribution >= 4 is 17.5 Å². The van der Waals surface area contributed by atoms with Crippen LogP contribution in [0.5, 0.6) is 5.75 Å². The van der Waals surface area contributed by atoms with Crippen LogP contribution in [0.25, 0.3) is 22.5 Å². The Kier molecular flexibility index (Phi) is 3.89. The Morgan fingerprint density at radius 3 is 2.45 bits per heavy atom. The van der Waals surface area contributed by atoms with Gasteiger partial charge < -0.3 is 10.5 Å². The van der Waals surface area contributed by atoms with Crippen LogP contribution < -0.4 is 10.5 Å². The molecular formula is C16H13ClN4O. The number of hydrogen-bond donors (Lipinski definition) is 1. The van der Waals surface area contributed by atoms with Crippen LogP contribution in [-0.2, 0) is 0 Å². The molecule has 1 heterocycles. The number of rotatable bonds is 3. The number of hydrogen-bond acceptors (Lipinski definition) is 5. The summed E-state index contributed by atoms with van der Waals surface area (Å²) in [6.45, 7) is 0. The van der Waals surface area contributed by atoms with Gasteiger partial charge in [0.2, 0.25) is 5.95 Å². The Morgan fingerprint density at radius 1 is 0.955 bits per heavy atom. The summed E-state index contributed by atoms with van der Waals surface area (Å²) in [6, 6.07) is 15.0. The van der Waals surface area contributed by atoms with Crippen LogP contribution in [0, 0.1) is 0 Å². The topological polar surface area (TPSA) is 73.9 Å². The van der Waals surface area contributed by atoms with Crippen molar-refractivity contribution in [2.75, 3.05) is 12.8 Å². The van der Waals surface area contributed by atoms with E-state index >= 15 is 0 Å². The molecule has 0 amide bonds. The quantitative estimate of drug-likeness (QED) is 0.801. The molecule has 0 radical (unpaired) electrons. The van der Waals surface area contributed by atoms with E-state index in [4.69, 9.17) is 22.1 Å². The van der Waals surface area contributed by atoms with E-state index in [0.717, 1.165) is 11.1 Å². The molecule has 0 atom stereocenters. The van der Waals surface area contributed by atoms with Crippen LogP contribution in [0.4, 0.5) is 5.95 Å². The summed E-state index contributed by atoms with van der Waals surface area (Å²) >= 11 is 6.14. The third-order valence-electron chi connectivity index (χ3n) is 3.13. The fourth-order valence-electron chi connectivity index (χ4n) is 2.15. The summed E-state index contributed by atoms with van der Waals surface area (Å²) in [5.74, 6) is 0.761. The summed E-state index contributed by atoms with van der Waals surface area (Å²) in [6.07, 6.45) is 0. The van der Waals surface area contributed by atoms with E-state index in [1.165, 1.54) is 0 Å². The largest absolute Gasteiger partial charge is 0.497 e. The number of benzene rings is 2. The highest BCUT2D eigenvalue weighted by Crippen LogP contribution is 2.32. The van der Waals surface area contributed by atoms with Gasteiger partial charge in [-0.3, -0.25) is 0 Å². The van der Waals surface area contributed by atoms with Crippen LogP contribution in [0.1, 0.15) is 0 Å². The smallest absolute Gasteiger partial charge is 0.240 e. The molecule has 0 unspecified atom stereocenters. The molecule has 0 fully saturated rings. The van der Waals surface area contributed by atoms with Crippen molar-refractivity contribution in [1.29, 1.82) is 0 Å². The van der Waals surface area contributed by atoms with Gasteiger partial charge in [-0.1, -0.05) is 41.9 Å². The predicted octanol–water partition coefficient (Wildman–Crippen LogP) is 3.45. The number of aromatic nitrogens is 3. The maximum atomic E-state index is 6.14. The molecule has 3 aromatic rings. The zero-order valence-corrected chi connectivity index (χ0v) is 12.6. The molecule has 0 aliphatic heterocycles. The summed E-state index contributed by atoms with van der Waals surface area (Å²) in [5.41, 5.74) is 8.61. The number of methoxy groups -OCH3 is 1. The average Bonchev–Trinajstić information content (AvgIpc) is 2.55. The zero-order chi connectivity index (χ0) is 15.5. The molecular weight excluding hydrogens is 300 g/mol. The first-order valence-electron chi connectivity index (χ1n) is 6.58. The van der Waals surface area contributed by atoms with Gasteiger partial charge in [0.25, 0.3) is 0 Å². The van der Waals surface area contributed by atoms with E-state index < -0.39 is 0 Å². The summed E-state index contributed by atoms with van der Waals surface area (Å²) < 4.78 is 5.25. The highest BCUT2D eigenvalue weighted by atomic mass is 35.5. The molecule has 5 nitrogen and oxygen atoms in total. The highest BCUT2D eigenvalue weighted by Gasteiger charge is 2.14. The van der Waals surface area contributed by atoms with Gasteiger partial charge in [0.05, 0.1) is 7.11 Å². The van der Waals surface area contributed by atoms with E-state index in [9.17, 15) is 0 Å². The summed E-state index contributed by atoms with van der Waals surface area (Å²) in [7, 11) is 1.58. The van der Waals surface area contributed by atoms with Crippen LogP contribution >= 0.6 is 11.6 Å². The first-order chi connectivity index (χ1) is 10.7. The minimum Gasteiger partial charge on any atom is -0.497 e. The van der Waals surface area contributed by atoms with E-state index in [1.807, 2.05) is 36.4 Å². The van der Waals surface area contributed by atoms with Gasteiger partial charge in [-0.15, -0.1) is 10.2 Å². The van der Waals surface area contributed by atoms with Gasteiger partial charge in [0, 0.05) is 16.1 Å². The average molecular weight is 313 g/mol. The minimum absolute atomic E-state index is 0.122. The van der Waals surface area contributed by atoms with Gasteiger partial charge in [-0.05, 0) is 18.2 Å². The molecule has 0 saturated carbocycles. The lowest BCUT2D eigenvalue weighted by Gasteiger charge is -2.10. The molecule has 110 valence electrons. The second-order valence-corrected chi connectivity index (χ2v) is 5.05. The van der Waals surface area contributed by atoms with E-state index in [0.29, 0.717) is 22.2 Å². The Balaban J connectivity index is 2.21. The second kappa shape index (κ2) is 5.99. The minimum atomic E-state index is 0.122. The molecule has 0 aliphatic rings. The molecule has 0 bridgehead atoms. The van der Waals surface area contributed by atoms with Crippen molar-refractivity contribution in [3.8, 4) is 28.3 Å². The lowest BCUT2D eigenvalue weighted by molar-refractivity contribution is 0.415. The molecule has 6 heteroatoms. The molecule has 2 aromatic carbocycles. The van der Waals surface area contributed by atoms with Crippen LogP contribution in [0.2, 0.25) is 5.02 Å². The number of anilines is 1. The lowest BCUT2D eigenvalue weighted by Crippen LogP contribution is -2.02. The van der Waals surface area contributed by atoms with Gasteiger partial charge in [0.15, 0.2) is 0 Å². The first kappa shape index (κ1) is 14.3. The van der Waals surface area contributed by atoms with Crippen LogP contribution in [-0.4, -0.2) is 22.3 Å². The van der Waals surface area contributed by atoms with E-state index in [2.05, 4.69) is 15.2 Å². The fraction of sp³-hybridized carbons (Fsp3) is 0.0625. The van der Waals surface area contributed by atoms with Crippen molar-refractivity contribution in [2.45, 2.75) is 0 Å². The fourth-order valence-corrected chi connectivity index (χ4v) is 2.37. The Bertz CT molecular complexity index is 808. The maximum absolute atomic E-state index is 6.14. The standard InChI is InChI=1S/C16H13ClN4O/c1-22-13-8-11(7-12(17)9-13)15-14(19-16(18)21-20-15)10-5-3-2-4-6-10/h2-9H,1H3,(H2,18,19,21). The number of nitrogens with zero attached hydrogens (tertiary/aromatic N) is 3. The molecule has 0 saturated heterocycles. The first-order valence-corrected chi connectivity index (χ1v) is 6.96. The predicted molar refractivity (Wildman–Crippen MR) is 86.7 cm³/mol. The van der Waals surface area contributed by atoms with Crippen LogP contribution in [0.15, 0.2) is 48.5 Å². The monoisotopic (exact) mass is 312 g/mol. The van der Waals surface area contributed by atoms with Crippen molar-refractivity contribution < 1.29 is 4.74 Å². The van der Waals surface area contributed by atoms with Gasteiger partial charge in [0.1, 0.15) is 17.1 Å². The number of nitrogen functional groups attached to an aromatic ring is 1. The summed E-state index contributed by atoms with van der Waals surface area (Å²) in [5, 5.41) is 8.60. The third kappa shape index (κ3) is 2.84. The van der Waals surface area contributed by atoms with Gasteiger partial charge >= 0.3 is 0 Å². The molecule has 0 spiro atoms. The van der Waals surface area contributed by atoms with E-state index in [-0.39, 0.29) is 5.95 Å². The van der Waals surface area contributed by atoms with E-state index in [1.54, 1.807) is 19.2 Å². The Hall–Kier alpha value is -2.66. The second-order valence-electron chi connectivity index (χ2n) is 4.61. The Morgan fingerprint density at radius 2 is 1.73 bits per heavy atom. The number of ether oxygens (including phenoxy) is 1.